The standard InChI is InChI=1S/C23H17FN2O2/c24-20-9-7-18(8-10-20)17-3-5-19(6-4-17)23(27)26-15-16-11-12-25-21(14-16)22-2-1-13-28-22/h1-14H,15H2,(H,26,27). The normalized spacial score (nSPS) is 10.6. The van der Waals surface area contributed by atoms with Gasteiger partial charge in [0.05, 0.1) is 6.26 Å². The van der Waals surface area contributed by atoms with Crippen LogP contribution in [-0.2, 0) is 6.54 Å². The summed E-state index contributed by atoms with van der Waals surface area (Å²) in [6, 6.07) is 20.9. The zero-order valence-corrected chi connectivity index (χ0v) is 14.9. The van der Waals surface area contributed by atoms with Crippen LogP contribution in [-0.4, -0.2) is 10.9 Å². The van der Waals surface area contributed by atoms with Crippen molar-refractivity contribution in [3.05, 3.63) is 102 Å². The van der Waals surface area contributed by atoms with Crippen molar-refractivity contribution in [2.24, 2.45) is 0 Å². The maximum absolute atomic E-state index is 13.0. The molecular weight excluding hydrogens is 355 g/mol. The Hall–Kier alpha value is -3.73. The van der Waals surface area contributed by atoms with Gasteiger partial charge >= 0.3 is 0 Å². The first kappa shape index (κ1) is 17.7. The van der Waals surface area contributed by atoms with Crippen molar-refractivity contribution in [2.75, 3.05) is 0 Å². The van der Waals surface area contributed by atoms with Crippen molar-refractivity contribution in [1.82, 2.24) is 10.3 Å². The number of amides is 1. The number of carbonyl (C=O) groups excluding carboxylic acids is 1. The lowest BCUT2D eigenvalue weighted by molar-refractivity contribution is 0.0951. The molecule has 1 amide bonds. The quantitative estimate of drug-likeness (QED) is 0.532. The van der Waals surface area contributed by atoms with Crippen molar-refractivity contribution in [3.63, 3.8) is 0 Å². The predicted octanol–water partition coefficient (Wildman–Crippen LogP) is 5.08. The van der Waals surface area contributed by atoms with Gasteiger partial charge in [0.2, 0.25) is 0 Å². The molecule has 0 atom stereocenters. The van der Waals surface area contributed by atoms with Crippen LogP contribution in [0.15, 0.2) is 89.7 Å². The van der Waals surface area contributed by atoms with E-state index in [2.05, 4.69) is 10.3 Å². The number of hydrogen-bond acceptors (Lipinski definition) is 3. The van der Waals surface area contributed by atoms with Gasteiger partial charge < -0.3 is 9.73 Å². The van der Waals surface area contributed by atoms with Gasteiger partial charge in [0.15, 0.2) is 5.76 Å². The number of hydrogen-bond donors (Lipinski definition) is 1. The van der Waals surface area contributed by atoms with Crippen LogP contribution in [0.25, 0.3) is 22.6 Å². The molecule has 2 aromatic heterocycles. The summed E-state index contributed by atoms with van der Waals surface area (Å²) in [6.07, 6.45) is 3.29. The highest BCUT2D eigenvalue weighted by molar-refractivity contribution is 5.94. The van der Waals surface area contributed by atoms with Gasteiger partial charge in [-0.25, -0.2) is 4.39 Å². The summed E-state index contributed by atoms with van der Waals surface area (Å²) in [5.74, 6) is 0.248. The fourth-order valence-electron chi connectivity index (χ4n) is 2.88. The van der Waals surface area contributed by atoms with E-state index in [9.17, 15) is 9.18 Å². The smallest absolute Gasteiger partial charge is 0.251 e. The fraction of sp³-hybridized carbons (Fsp3) is 0.0435. The van der Waals surface area contributed by atoms with Crippen molar-refractivity contribution < 1.29 is 13.6 Å². The predicted molar refractivity (Wildman–Crippen MR) is 105 cm³/mol. The average molecular weight is 372 g/mol. The van der Waals surface area contributed by atoms with E-state index in [-0.39, 0.29) is 11.7 Å². The highest BCUT2D eigenvalue weighted by Crippen LogP contribution is 2.20. The summed E-state index contributed by atoms with van der Waals surface area (Å²) in [5.41, 5.74) is 4.04. The van der Waals surface area contributed by atoms with E-state index in [0.29, 0.717) is 17.9 Å². The number of furan rings is 1. The van der Waals surface area contributed by atoms with Crippen molar-refractivity contribution in [3.8, 4) is 22.6 Å². The second kappa shape index (κ2) is 7.88. The molecule has 1 N–H and O–H groups in total. The first-order valence-corrected chi connectivity index (χ1v) is 8.82. The summed E-state index contributed by atoms with van der Waals surface area (Å²) in [6.45, 7) is 0.384. The van der Waals surface area contributed by atoms with E-state index in [1.807, 2.05) is 30.3 Å². The third-order valence-corrected chi connectivity index (χ3v) is 4.38. The Labute approximate surface area is 161 Å². The molecule has 0 spiro atoms. The molecule has 0 aliphatic carbocycles. The van der Waals surface area contributed by atoms with Crippen LogP contribution in [0.3, 0.4) is 0 Å². The maximum atomic E-state index is 13.0. The van der Waals surface area contributed by atoms with Crippen LogP contribution in [0.1, 0.15) is 15.9 Å². The number of halogens is 1. The second-order valence-electron chi connectivity index (χ2n) is 6.29. The number of carbonyl (C=O) groups is 1. The van der Waals surface area contributed by atoms with Crippen LogP contribution >= 0.6 is 0 Å². The molecule has 5 heteroatoms. The molecule has 0 bridgehead atoms. The van der Waals surface area contributed by atoms with E-state index < -0.39 is 0 Å². The SMILES string of the molecule is O=C(NCc1ccnc(-c2ccco2)c1)c1ccc(-c2ccc(F)cc2)cc1. The van der Waals surface area contributed by atoms with Crippen molar-refractivity contribution >= 4 is 5.91 Å². The van der Waals surface area contributed by atoms with E-state index in [4.69, 9.17) is 4.42 Å². The number of pyridine rings is 1. The summed E-state index contributed by atoms with van der Waals surface area (Å²) < 4.78 is 18.4. The summed E-state index contributed by atoms with van der Waals surface area (Å²) in [5, 5.41) is 2.91. The maximum Gasteiger partial charge on any atom is 0.251 e. The molecule has 0 radical (unpaired) electrons. The van der Waals surface area contributed by atoms with Crippen molar-refractivity contribution in [1.29, 1.82) is 0 Å². The molecule has 0 aliphatic heterocycles. The van der Waals surface area contributed by atoms with Gasteiger partial charge in [0.1, 0.15) is 11.5 Å². The lowest BCUT2D eigenvalue weighted by Gasteiger charge is -2.07. The zero-order valence-electron chi connectivity index (χ0n) is 14.9. The Kier molecular flexibility index (Phi) is 4.97. The monoisotopic (exact) mass is 372 g/mol. The molecule has 4 aromatic rings. The Morgan fingerprint density at radius 2 is 1.68 bits per heavy atom. The highest BCUT2D eigenvalue weighted by Gasteiger charge is 2.08. The average Bonchev–Trinajstić information content (AvgIpc) is 3.28. The molecule has 0 unspecified atom stereocenters. The van der Waals surface area contributed by atoms with Gasteiger partial charge in [-0.3, -0.25) is 9.78 Å². The third kappa shape index (κ3) is 3.99. The van der Waals surface area contributed by atoms with Gasteiger partial charge in [-0.05, 0) is 65.2 Å². The van der Waals surface area contributed by atoms with Crippen LogP contribution in [0, 0.1) is 5.82 Å². The number of nitrogens with zero attached hydrogens (tertiary/aromatic N) is 1. The lowest BCUT2D eigenvalue weighted by atomic mass is 10.0. The van der Waals surface area contributed by atoms with E-state index in [1.165, 1.54) is 12.1 Å². The fourth-order valence-corrected chi connectivity index (χ4v) is 2.88. The molecule has 0 saturated carbocycles. The molecule has 4 nitrogen and oxygen atoms in total. The Balaban J connectivity index is 1.41. The molecule has 0 aliphatic rings. The van der Waals surface area contributed by atoms with Crippen LogP contribution in [0.4, 0.5) is 4.39 Å². The topological polar surface area (TPSA) is 55.1 Å². The lowest BCUT2D eigenvalue weighted by Crippen LogP contribution is -2.22. The first-order chi connectivity index (χ1) is 13.7. The first-order valence-electron chi connectivity index (χ1n) is 8.82. The molecule has 2 heterocycles. The summed E-state index contributed by atoms with van der Waals surface area (Å²) in [7, 11) is 0. The number of rotatable bonds is 5. The minimum atomic E-state index is -0.272. The minimum Gasteiger partial charge on any atom is -0.463 e. The number of nitrogens with one attached hydrogen (secondary N) is 1. The third-order valence-electron chi connectivity index (χ3n) is 4.38. The van der Waals surface area contributed by atoms with E-state index in [1.54, 1.807) is 42.8 Å². The molecule has 0 saturated heterocycles. The molecule has 4 rings (SSSR count). The van der Waals surface area contributed by atoms with Gasteiger partial charge in [0.25, 0.3) is 5.91 Å². The van der Waals surface area contributed by atoms with Gasteiger partial charge in [0, 0.05) is 18.3 Å². The molecule has 138 valence electrons. The zero-order chi connectivity index (χ0) is 19.3. The van der Waals surface area contributed by atoms with Crippen LogP contribution in [0.5, 0.6) is 0 Å². The summed E-state index contributed by atoms with van der Waals surface area (Å²) >= 11 is 0. The van der Waals surface area contributed by atoms with Gasteiger partial charge in [-0.2, -0.15) is 0 Å². The highest BCUT2D eigenvalue weighted by atomic mass is 19.1. The Bertz CT molecular complexity index is 1070. The van der Waals surface area contributed by atoms with Gasteiger partial charge in [-0.15, -0.1) is 0 Å². The van der Waals surface area contributed by atoms with E-state index in [0.717, 1.165) is 22.4 Å². The Morgan fingerprint density at radius 3 is 2.36 bits per heavy atom. The molecular formula is C23H17FN2O2. The Morgan fingerprint density at radius 1 is 0.964 bits per heavy atom. The van der Waals surface area contributed by atoms with Crippen molar-refractivity contribution in [2.45, 2.75) is 6.54 Å². The largest absolute Gasteiger partial charge is 0.463 e. The van der Waals surface area contributed by atoms with Crippen LogP contribution in [0.2, 0.25) is 0 Å². The molecule has 28 heavy (non-hydrogen) atoms. The number of aromatic nitrogens is 1. The minimum absolute atomic E-state index is 0.165. The van der Waals surface area contributed by atoms with Crippen LogP contribution < -0.4 is 5.32 Å². The number of benzene rings is 2. The molecule has 0 fully saturated rings. The van der Waals surface area contributed by atoms with E-state index >= 15 is 0 Å². The second-order valence-corrected chi connectivity index (χ2v) is 6.29. The summed E-state index contributed by atoms with van der Waals surface area (Å²) in [4.78, 5) is 16.7. The molecule has 2 aromatic carbocycles. The van der Waals surface area contributed by atoms with Gasteiger partial charge in [-0.1, -0.05) is 24.3 Å².